The number of amides is 1. The van der Waals surface area contributed by atoms with E-state index in [9.17, 15) is 14.7 Å². The summed E-state index contributed by atoms with van der Waals surface area (Å²) in [7, 11) is 0. The van der Waals surface area contributed by atoms with Crippen molar-refractivity contribution in [3.05, 3.63) is 0 Å². The van der Waals surface area contributed by atoms with Gasteiger partial charge < -0.3 is 14.9 Å². The topological polar surface area (TPSA) is 64.1 Å². The summed E-state index contributed by atoms with van der Waals surface area (Å²) in [5.74, 6) is -0.214. The van der Waals surface area contributed by atoms with Crippen LogP contribution in [0.1, 0.15) is 39.0 Å². The molecule has 4 aliphatic rings. The minimum Gasteiger partial charge on any atom is -0.481 e. The van der Waals surface area contributed by atoms with Gasteiger partial charge in [0.05, 0.1) is 0 Å². The van der Waals surface area contributed by atoms with E-state index in [1.165, 1.54) is 13.0 Å². The van der Waals surface area contributed by atoms with Gasteiger partial charge in [-0.3, -0.25) is 14.5 Å². The highest BCUT2D eigenvalue weighted by Gasteiger charge is 2.59. The number of hydrogen-bond acceptors (Lipinski definition) is 4. The summed E-state index contributed by atoms with van der Waals surface area (Å²) in [5.41, 5.74) is -0.731. The second-order valence-electron chi connectivity index (χ2n) is 8.65. The fourth-order valence-electron chi connectivity index (χ4n) is 5.27. The Morgan fingerprint density at radius 1 is 1.08 bits per heavy atom. The number of nitrogens with zero attached hydrogens (tertiary/aromatic N) is 3. The van der Waals surface area contributed by atoms with Crippen LogP contribution in [0.25, 0.3) is 0 Å². The number of rotatable bonds is 5. The summed E-state index contributed by atoms with van der Waals surface area (Å²) in [6, 6.07) is 0.516. The first kappa shape index (κ1) is 17.3. The average molecular weight is 349 g/mol. The van der Waals surface area contributed by atoms with Gasteiger partial charge in [0.1, 0.15) is 5.41 Å². The Bertz CT molecular complexity index is 542. The zero-order valence-corrected chi connectivity index (χ0v) is 15.3. The lowest BCUT2D eigenvalue weighted by atomic mass is 9.81. The zero-order valence-electron chi connectivity index (χ0n) is 15.3. The van der Waals surface area contributed by atoms with Crippen molar-refractivity contribution in [3.63, 3.8) is 0 Å². The molecule has 2 atom stereocenters. The van der Waals surface area contributed by atoms with Crippen molar-refractivity contribution in [2.45, 2.75) is 45.1 Å². The summed E-state index contributed by atoms with van der Waals surface area (Å²) in [6.07, 6.45) is 5.47. The molecule has 0 radical (unpaired) electrons. The average Bonchev–Trinajstić information content (AvgIpc) is 3.27. The Kier molecular flexibility index (Phi) is 4.52. The number of hydrogen-bond donors (Lipinski definition) is 1. The maximum absolute atomic E-state index is 12.4. The fraction of sp³-hybridized carbons (Fsp3) is 0.895. The first-order valence-electron chi connectivity index (χ1n) is 10.0. The number of piperidine rings is 1. The van der Waals surface area contributed by atoms with Crippen molar-refractivity contribution in [2.24, 2.45) is 17.3 Å². The number of carbonyl (C=O) groups excluding carboxylic acids is 1. The van der Waals surface area contributed by atoms with E-state index < -0.39 is 11.4 Å². The van der Waals surface area contributed by atoms with Crippen molar-refractivity contribution in [1.29, 1.82) is 0 Å². The van der Waals surface area contributed by atoms with Crippen LogP contribution < -0.4 is 0 Å². The van der Waals surface area contributed by atoms with E-state index in [0.717, 1.165) is 45.3 Å². The molecule has 0 aromatic heterocycles. The molecule has 1 N–H and O–H groups in total. The van der Waals surface area contributed by atoms with E-state index in [-0.39, 0.29) is 17.7 Å². The molecule has 4 fully saturated rings. The van der Waals surface area contributed by atoms with Gasteiger partial charge in [-0.05, 0) is 51.7 Å². The Morgan fingerprint density at radius 3 is 2.36 bits per heavy atom. The third-order valence-electron chi connectivity index (χ3n) is 6.91. The molecule has 0 unspecified atom stereocenters. The first-order chi connectivity index (χ1) is 12.0. The van der Waals surface area contributed by atoms with Gasteiger partial charge in [0.25, 0.3) is 0 Å². The van der Waals surface area contributed by atoms with Crippen LogP contribution in [0, 0.1) is 17.3 Å². The molecule has 140 valence electrons. The van der Waals surface area contributed by atoms with Crippen LogP contribution in [0.5, 0.6) is 0 Å². The molecule has 1 saturated carbocycles. The number of fused-ring (bicyclic) bond motifs is 1. The molecule has 0 aromatic rings. The highest BCUT2D eigenvalue weighted by molar-refractivity contribution is 5.84. The quantitative estimate of drug-likeness (QED) is 0.806. The molecular formula is C19H31N3O3. The molecular weight excluding hydrogens is 318 g/mol. The molecule has 6 nitrogen and oxygen atoms in total. The molecule has 6 heteroatoms. The van der Waals surface area contributed by atoms with Gasteiger partial charge in [-0.25, -0.2) is 0 Å². The van der Waals surface area contributed by atoms with Crippen molar-refractivity contribution < 1.29 is 14.7 Å². The predicted octanol–water partition coefficient (Wildman–Crippen LogP) is 1.12. The number of carbonyl (C=O) groups is 2. The van der Waals surface area contributed by atoms with Crippen molar-refractivity contribution in [3.8, 4) is 0 Å². The monoisotopic (exact) mass is 349 g/mol. The number of carboxylic acid groups (broad SMARTS) is 1. The highest BCUT2D eigenvalue weighted by atomic mass is 16.4. The maximum Gasteiger partial charge on any atom is 0.313 e. The molecule has 3 aliphatic heterocycles. The Labute approximate surface area is 150 Å². The molecule has 0 spiro atoms. The molecule has 3 saturated heterocycles. The van der Waals surface area contributed by atoms with Crippen LogP contribution in [0.2, 0.25) is 0 Å². The Balaban J connectivity index is 1.40. The Morgan fingerprint density at radius 2 is 1.80 bits per heavy atom. The largest absolute Gasteiger partial charge is 0.481 e. The summed E-state index contributed by atoms with van der Waals surface area (Å²) < 4.78 is 0. The van der Waals surface area contributed by atoms with Crippen LogP contribution in [0.3, 0.4) is 0 Å². The van der Waals surface area contributed by atoms with Crippen molar-refractivity contribution in [2.75, 3.05) is 45.8 Å². The van der Waals surface area contributed by atoms with Gasteiger partial charge in [0.2, 0.25) is 5.91 Å². The summed E-state index contributed by atoms with van der Waals surface area (Å²) in [5, 5.41) is 9.98. The maximum atomic E-state index is 12.4. The highest BCUT2D eigenvalue weighted by Crippen LogP contribution is 2.46. The van der Waals surface area contributed by atoms with E-state index in [1.807, 2.05) is 4.90 Å². The smallest absolute Gasteiger partial charge is 0.313 e. The van der Waals surface area contributed by atoms with Crippen molar-refractivity contribution >= 4 is 11.9 Å². The molecule has 0 bridgehead atoms. The molecule has 1 amide bonds. The van der Waals surface area contributed by atoms with Crippen LogP contribution in [0.4, 0.5) is 0 Å². The van der Waals surface area contributed by atoms with E-state index in [4.69, 9.17) is 0 Å². The normalized spacial score (nSPS) is 34.4. The third-order valence-corrected chi connectivity index (χ3v) is 6.91. The molecule has 1 aliphatic carbocycles. The summed E-state index contributed by atoms with van der Waals surface area (Å²) in [4.78, 5) is 31.4. The van der Waals surface area contributed by atoms with Gasteiger partial charge in [-0.2, -0.15) is 0 Å². The van der Waals surface area contributed by atoms with E-state index in [0.29, 0.717) is 25.7 Å². The van der Waals surface area contributed by atoms with E-state index >= 15 is 0 Å². The minimum absolute atomic E-state index is 0.0985. The summed E-state index contributed by atoms with van der Waals surface area (Å²) in [6.45, 7) is 8.20. The second kappa shape index (κ2) is 6.54. The number of aliphatic carboxylic acids is 1. The van der Waals surface area contributed by atoms with E-state index in [2.05, 4.69) is 16.7 Å². The lowest BCUT2D eigenvalue weighted by Gasteiger charge is -2.37. The molecule has 4 rings (SSSR count). The van der Waals surface area contributed by atoms with Gasteiger partial charge in [-0.15, -0.1) is 0 Å². The fourth-order valence-corrected chi connectivity index (χ4v) is 5.27. The SMILES string of the molecule is CCCN1CCC(N2C[C@@H]3CN(C(=O)C4CC4)C[C@]3(C(=O)O)C2)CC1. The standard InChI is InChI=1S/C19H31N3O3/c1-2-7-20-8-5-16(6-9-20)21-10-15-11-22(17(23)14-3-4-14)13-19(15,12-21)18(24)25/h14-16H,2-13H2,1H3,(H,24,25)/t15-,19-/m1/s1. The molecule has 0 aromatic carbocycles. The Hall–Kier alpha value is -1.14. The van der Waals surface area contributed by atoms with Crippen LogP contribution in [-0.4, -0.2) is 83.5 Å². The van der Waals surface area contributed by atoms with Crippen LogP contribution in [-0.2, 0) is 9.59 Å². The molecule has 25 heavy (non-hydrogen) atoms. The van der Waals surface area contributed by atoms with Gasteiger partial charge >= 0.3 is 5.97 Å². The predicted molar refractivity (Wildman–Crippen MR) is 94.2 cm³/mol. The first-order valence-corrected chi connectivity index (χ1v) is 10.0. The van der Waals surface area contributed by atoms with Crippen LogP contribution >= 0.6 is 0 Å². The van der Waals surface area contributed by atoms with E-state index in [1.54, 1.807) is 0 Å². The zero-order chi connectivity index (χ0) is 17.6. The summed E-state index contributed by atoms with van der Waals surface area (Å²) >= 11 is 0. The van der Waals surface area contributed by atoms with Gasteiger partial charge in [0.15, 0.2) is 0 Å². The molecule has 3 heterocycles. The second-order valence-corrected chi connectivity index (χ2v) is 8.65. The third kappa shape index (κ3) is 3.08. The number of carboxylic acids is 1. The van der Waals surface area contributed by atoms with Crippen LogP contribution in [0.15, 0.2) is 0 Å². The van der Waals surface area contributed by atoms with Crippen molar-refractivity contribution in [1.82, 2.24) is 14.7 Å². The van der Waals surface area contributed by atoms with Gasteiger partial charge in [0, 0.05) is 44.1 Å². The number of likely N-dealkylation sites (tertiary alicyclic amines) is 3. The minimum atomic E-state index is -0.731. The lowest BCUT2D eigenvalue weighted by Crippen LogP contribution is -2.47. The lowest BCUT2D eigenvalue weighted by molar-refractivity contribution is -0.149. The van der Waals surface area contributed by atoms with Gasteiger partial charge in [-0.1, -0.05) is 6.92 Å².